The quantitative estimate of drug-likeness (QED) is 0.798. The number of rotatable bonds is 1. The van der Waals surface area contributed by atoms with Crippen molar-refractivity contribution in [2.45, 2.75) is 25.7 Å². The van der Waals surface area contributed by atoms with E-state index in [1.165, 1.54) is 5.56 Å². The van der Waals surface area contributed by atoms with Gasteiger partial charge < -0.3 is 4.74 Å². The smallest absolute Gasteiger partial charge is 0.199 e. The molecule has 3 aliphatic carbocycles. The Kier molecular flexibility index (Phi) is 3.22. The van der Waals surface area contributed by atoms with E-state index in [1.807, 2.05) is 18.2 Å². The second-order valence-electron chi connectivity index (χ2n) is 6.41. The first-order chi connectivity index (χ1) is 11.1. The van der Waals surface area contributed by atoms with Crippen LogP contribution in [0.2, 0.25) is 0 Å². The first-order valence-corrected chi connectivity index (χ1v) is 7.94. The molecule has 0 amide bonds. The molecule has 1 aromatic rings. The van der Waals surface area contributed by atoms with Gasteiger partial charge in [0.25, 0.3) is 0 Å². The predicted molar refractivity (Wildman–Crippen MR) is 83.7 cm³/mol. The number of methoxy groups -OCH3 is 1. The molecule has 0 aliphatic heterocycles. The summed E-state index contributed by atoms with van der Waals surface area (Å²) in [6.45, 7) is 0. The molecule has 2 unspecified atom stereocenters. The maximum atomic E-state index is 13.8. The summed E-state index contributed by atoms with van der Waals surface area (Å²) in [5.74, 6) is -1.78. The van der Waals surface area contributed by atoms with Crippen LogP contribution in [-0.4, -0.2) is 18.7 Å². The molecule has 0 N–H and O–H groups in total. The van der Waals surface area contributed by atoms with Crippen molar-refractivity contribution in [3.8, 4) is 5.75 Å². The first kappa shape index (κ1) is 14.4. The molecule has 3 aliphatic rings. The number of hydrogen-bond donors (Lipinski definition) is 0. The SMILES string of the molecule is COc1ccc2c(c1)CCC1=C2CCC2C(=O)C=C(F)C(=O)C12. The number of hydrogen-bond acceptors (Lipinski definition) is 3. The van der Waals surface area contributed by atoms with E-state index in [2.05, 4.69) is 0 Å². The lowest BCUT2D eigenvalue weighted by atomic mass is 9.64. The first-order valence-electron chi connectivity index (χ1n) is 7.94. The molecule has 4 rings (SSSR count). The van der Waals surface area contributed by atoms with E-state index in [0.717, 1.165) is 41.4 Å². The van der Waals surface area contributed by atoms with Crippen LogP contribution in [0.5, 0.6) is 5.75 Å². The molecule has 0 bridgehead atoms. The summed E-state index contributed by atoms with van der Waals surface area (Å²) in [7, 11) is 1.64. The van der Waals surface area contributed by atoms with Crippen LogP contribution in [0.4, 0.5) is 4.39 Å². The zero-order valence-electron chi connectivity index (χ0n) is 12.9. The lowest BCUT2D eigenvalue weighted by Crippen LogP contribution is -2.38. The van der Waals surface area contributed by atoms with Crippen molar-refractivity contribution in [3.63, 3.8) is 0 Å². The van der Waals surface area contributed by atoms with Crippen molar-refractivity contribution >= 4 is 17.1 Å². The van der Waals surface area contributed by atoms with E-state index in [1.54, 1.807) is 7.11 Å². The van der Waals surface area contributed by atoms with E-state index in [-0.39, 0.29) is 11.7 Å². The molecule has 2 atom stereocenters. The fraction of sp³-hybridized carbons (Fsp3) is 0.368. The van der Waals surface area contributed by atoms with Crippen LogP contribution >= 0.6 is 0 Å². The van der Waals surface area contributed by atoms with Gasteiger partial charge in [-0.25, -0.2) is 4.39 Å². The zero-order valence-corrected chi connectivity index (χ0v) is 12.9. The van der Waals surface area contributed by atoms with Gasteiger partial charge in [0.2, 0.25) is 0 Å². The second-order valence-corrected chi connectivity index (χ2v) is 6.41. The molecule has 0 heterocycles. The molecule has 0 fully saturated rings. The van der Waals surface area contributed by atoms with Gasteiger partial charge in [0.15, 0.2) is 17.4 Å². The average molecular weight is 312 g/mol. The molecule has 0 saturated carbocycles. The highest BCUT2D eigenvalue weighted by Crippen LogP contribution is 2.48. The minimum atomic E-state index is -0.884. The molecule has 0 spiro atoms. The Morgan fingerprint density at radius 3 is 2.78 bits per heavy atom. The van der Waals surface area contributed by atoms with E-state index >= 15 is 0 Å². The summed E-state index contributed by atoms with van der Waals surface area (Å²) in [6.07, 6.45) is 3.77. The lowest BCUT2D eigenvalue weighted by Gasteiger charge is -2.38. The largest absolute Gasteiger partial charge is 0.497 e. The summed E-state index contributed by atoms with van der Waals surface area (Å²) in [5, 5.41) is 0. The Morgan fingerprint density at radius 1 is 1.17 bits per heavy atom. The van der Waals surface area contributed by atoms with E-state index in [9.17, 15) is 14.0 Å². The normalized spacial score (nSPS) is 26.3. The highest BCUT2D eigenvalue weighted by molar-refractivity contribution is 6.11. The Hall–Kier alpha value is -2.23. The summed E-state index contributed by atoms with van der Waals surface area (Å²) >= 11 is 0. The van der Waals surface area contributed by atoms with Crippen LogP contribution in [0.3, 0.4) is 0 Å². The van der Waals surface area contributed by atoms with Crippen molar-refractivity contribution in [2.75, 3.05) is 7.11 Å². The number of halogens is 1. The molecule has 23 heavy (non-hydrogen) atoms. The number of ether oxygens (including phenoxy) is 1. The number of aryl methyl sites for hydroxylation is 1. The standard InChI is InChI=1S/C19H17FO3/c1-23-11-3-5-12-10(8-11)2-4-14-13(12)6-7-15-17(21)9-16(20)19(22)18(14)15/h3,5,8-9,15,18H,2,4,6-7H2,1H3. The molecule has 1 aromatic carbocycles. The van der Waals surface area contributed by atoms with Crippen LogP contribution in [-0.2, 0) is 16.0 Å². The van der Waals surface area contributed by atoms with Crippen LogP contribution in [0.1, 0.15) is 30.4 Å². The van der Waals surface area contributed by atoms with Crippen molar-refractivity contribution in [1.29, 1.82) is 0 Å². The minimum absolute atomic E-state index is 0.237. The van der Waals surface area contributed by atoms with Gasteiger partial charge in [-0.3, -0.25) is 9.59 Å². The Balaban J connectivity index is 1.83. The molecule has 0 aromatic heterocycles. The van der Waals surface area contributed by atoms with Gasteiger partial charge in [0.05, 0.1) is 13.0 Å². The van der Waals surface area contributed by atoms with E-state index < -0.39 is 17.5 Å². The van der Waals surface area contributed by atoms with Crippen LogP contribution in [0, 0.1) is 11.8 Å². The van der Waals surface area contributed by atoms with Crippen molar-refractivity contribution in [2.24, 2.45) is 11.8 Å². The Labute approximate surface area is 133 Å². The van der Waals surface area contributed by atoms with Crippen molar-refractivity contribution in [3.05, 3.63) is 46.8 Å². The number of benzene rings is 1. The highest BCUT2D eigenvalue weighted by atomic mass is 19.1. The lowest BCUT2D eigenvalue weighted by molar-refractivity contribution is -0.130. The topological polar surface area (TPSA) is 43.4 Å². The number of carbonyl (C=O) groups is 2. The predicted octanol–water partition coefficient (Wildman–Crippen LogP) is 3.43. The van der Waals surface area contributed by atoms with Crippen LogP contribution < -0.4 is 4.74 Å². The number of fused-ring (bicyclic) bond motifs is 4. The fourth-order valence-corrected chi connectivity index (χ4v) is 4.24. The minimum Gasteiger partial charge on any atom is -0.497 e. The van der Waals surface area contributed by atoms with Gasteiger partial charge in [-0.1, -0.05) is 11.6 Å². The number of Topliss-reactive ketones (excluding diaryl/α,β-unsaturated/α-hetero) is 1. The third kappa shape index (κ3) is 2.08. The van der Waals surface area contributed by atoms with Crippen molar-refractivity contribution in [1.82, 2.24) is 0 Å². The monoisotopic (exact) mass is 312 g/mol. The third-order valence-electron chi connectivity index (χ3n) is 5.32. The third-order valence-corrected chi connectivity index (χ3v) is 5.32. The maximum Gasteiger partial charge on any atom is 0.199 e. The van der Waals surface area contributed by atoms with E-state index in [0.29, 0.717) is 12.8 Å². The molecule has 3 nitrogen and oxygen atoms in total. The second kappa shape index (κ2) is 5.15. The summed E-state index contributed by atoms with van der Waals surface area (Å²) in [4.78, 5) is 24.4. The fourth-order valence-electron chi connectivity index (χ4n) is 4.24. The zero-order chi connectivity index (χ0) is 16.1. The maximum absolute atomic E-state index is 13.8. The van der Waals surface area contributed by atoms with Gasteiger partial charge in [-0.2, -0.15) is 0 Å². The Bertz CT molecular complexity index is 788. The molecular weight excluding hydrogens is 295 g/mol. The van der Waals surface area contributed by atoms with Gasteiger partial charge in [-0.05, 0) is 54.5 Å². The van der Waals surface area contributed by atoms with Crippen LogP contribution in [0.25, 0.3) is 5.57 Å². The molecular formula is C19H17FO3. The molecule has 118 valence electrons. The average Bonchev–Trinajstić information content (AvgIpc) is 2.58. The molecule has 4 heteroatoms. The summed E-state index contributed by atoms with van der Waals surface area (Å²) in [5.41, 5.74) is 4.43. The number of allylic oxidation sites excluding steroid dienone is 4. The van der Waals surface area contributed by atoms with Gasteiger partial charge in [0, 0.05) is 12.0 Å². The van der Waals surface area contributed by atoms with Crippen molar-refractivity contribution < 1.29 is 18.7 Å². The molecule has 0 radical (unpaired) electrons. The van der Waals surface area contributed by atoms with E-state index in [4.69, 9.17) is 4.74 Å². The highest BCUT2D eigenvalue weighted by Gasteiger charge is 2.45. The van der Waals surface area contributed by atoms with Crippen LogP contribution in [0.15, 0.2) is 35.7 Å². The van der Waals surface area contributed by atoms with Gasteiger partial charge in [-0.15, -0.1) is 0 Å². The van der Waals surface area contributed by atoms with Gasteiger partial charge >= 0.3 is 0 Å². The molecule has 0 saturated heterocycles. The summed E-state index contributed by atoms with van der Waals surface area (Å²) in [6, 6.07) is 5.96. The Morgan fingerprint density at radius 2 is 2.00 bits per heavy atom. The summed E-state index contributed by atoms with van der Waals surface area (Å²) < 4.78 is 19.1. The number of carbonyl (C=O) groups excluding carboxylic acids is 2. The number of ketones is 2. The van der Waals surface area contributed by atoms with Gasteiger partial charge in [0.1, 0.15) is 5.75 Å².